The molecule has 1 aromatic rings. The molecule has 86 valence electrons. The molecule has 16 heavy (non-hydrogen) atoms. The van der Waals surface area contributed by atoms with Gasteiger partial charge in [-0.2, -0.15) is 0 Å². The minimum Gasteiger partial charge on any atom is -0.478 e. The van der Waals surface area contributed by atoms with Crippen LogP contribution in [-0.4, -0.2) is 17.6 Å². The van der Waals surface area contributed by atoms with Crippen LogP contribution in [0.5, 0.6) is 0 Å². The molecule has 3 nitrogen and oxygen atoms in total. The lowest BCUT2D eigenvalue weighted by Gasteiger charge is -2.15. The highest BCUT2D eigenvalue weighted by atomic mass is 79.9. The van der Waals surface area contributed by atoms with Gasteiger partial charge in [-0.25, -0.2) is 4.79 Å². The van der Waals surface area contributed by atoms with Crippen molar-refractivity contribution in [3.05, 3.63) is 46.5 Å². The van der Waals surface area contributed by atoms with Gasteiger partial charge in [0.05, 0.1) is 0 Å². The molecule has 1 aromatic carbocycles. The zero-order valence-corrected chi connectivity index (χ0v) is 10.6. The minimum absolute atomic E-state index is 0.0756. The van der Waals surface area contributed by atoms with Crippen molar-refractivity contribution >= 4 is 21.9 Å². The van der Waals surface area contributed by atoms with Crippen LogP contribution < -0.4 is 5.32 Å². The van der Waals surface area contributed by atoms with Crippen LogP contribution >= 0.6 is 15.9 Å². The van der Waals surface area contributed by atoms with Crippen LogP contribution in [0.15, 0.2) is 40.9 Å². The molecule has 0 aliphatic carbocycles. The van der Waals surface area contributed by atoms with Crippen molar-refractivity contribution in [2.75, 3.05) is 6.54 Å². The lowest BCUT2D eigenvalue weighted by atomic mass is 10.1. The molecular formula is C12H14BrNO2. The van der Waals surface area contributed by atoms with Crippen molar-refractivity contribution in [2.24, 2.45) is 0 Å². The molecule has 0 unspecified atom stereocenters. The third-order valence-electron chi connectivity index (χ3n) is 2.30. The second kappa shape index (κ2) is 5.82. The molecule has 1 atom stereocenters. The van der Waals surface area contributed by atoms with E-state index in [1.807, 2.05) is 31.2 Å². The summed E-state index contributed by atoms with van der Waals surface area (Å²) in [5.74, 6) is -0.966. The zero-order chi connectivity index (χ0) is 12.1. The summed E-state index contributed by atoms with van der Waals surface area (Å²) in [7, 11) is 0. The first-order chi connectivity index (χ1) is 7.52. The summed E-state index contributed by atoms with van der Waals surface area (Å²) in [6, 6.07) is 7.91. The highest BCUT2D eigenvalue weighted by Gasteiger charge is 2.10. The Morgan fingerprint density at radius 1 is 1.56 bits per heavy atom. The Morgan fingerprint density at radius 2 is 2.19 bits per heavy atom. The van der Waals surface area contributed by atoms with Gasteiger partial charge in [0.25, 0.3) is 0 Å². The standard InChI is InChI=1S/C12H14BrNO2/c1-8(12(15)16)7-14-9(2)10-5-3-4-6-11(10)13/h3-6,9,14H,1,7H2,2H3,(H,15,16)/t9-/m0/s1. The van der Waals surface area contributed by atoms with Crippen molar-refractivity contribution in [2.45, 2.75) is 13.0 Å². The smallest absolute Gasteiger partial charge is 0.332 e. The largest absolute Gasteiger partial charge is 0.478 e. The fraction of sp³-hybridized carbons (Fsp3) is 0.250. The number of nitrogens with one attached hydrogen (secondary N) is 1. The van der Waals surface area contributed by atoms with Gasteiger partial charge in [0.15, 0.2) is 0 Å². The molecule has 0 fully saturated rings. The maximum atomic E-state index is 10.6. The topological polar surface area (TPSA) is 49.3 Å². The first-order valence-electron chi connectivity index (χ1n) is 4.91. The van der Waals surface area contributed by atoms with E-state index in [1.165, 1.54) is 0 Å². The highest BCUT2D eigenvalue weighted by molar-refractivity contribution is 9.10. The number of hydrogen-bond acceptors (Lipinski definition) is 2. The summed E-state index contributed by atoms with van der Waals surface area (Å²) in [6.07, 6.45) is 0. The number of halogens is 1. The molecule has 1 rings (SSSR count). The van der Waals surface area contributed by atoms with Crippen molar-refractivity contribution in [1.82, 2.24) is 5.32 Å². The van der Waals surface area contributed by atoms with Crippen LogP contribution in [0.1, 0.15) is 18.5 Å². The van der Waals surface area contributed by atoms with Crippen molar-refractivity contribution < 1.29 is 9.90 Å². The van der Waals surface area contributed by atoms with E-state index in [9.17, 15) is 4.79 Å². The van der Waals surface area contributed by atoms with Gasteiger partial charge in [-0.15, -0.1) is 0 Å². The Hall–Kier alpha value is -1.13. The molecule has 0 aromatic heterocycles. The first-order valence-corrected chi connectivity index (χ1v) is 5.70. The Morgan fingerprint density at radius 3 is 2.75 bits per heavy atom. The predicted molar refractivity (Wildman–Crippen MR) is 67.3 cm³/mol. The second-order valence-electron chi connectivity index (χ2n) is 3.53. The molecule has 0 bridgehead atoms. The number of aliphatic carboxylic acids is 1. The SMILES string of the molecule is C=C(CN[C@@H](C)c1ccccc1Br)C(=O)O. The Kier molecular flexibility index (Phi) is 4.71. The van der Waals surface area contributed by atoms with Gasteiger partial charge in [-0.3, -0.25) is 0 Å². The number of carboxylic acids is 1. The van der Waals surface area contributed by atoms with Gasteiger partial charge in [-0.1, -0.05) is 40.7 Å². The molecule has 0 aliphatic rings. The van der Waals surface area contributed by atoms with E-state index in [0.717, 1.165) is 10.0 Å². The Bertz CT molecular complexity index is 404. The average Bonchev–Trinajstić information content (AvgIpc) is 2.25. The number of carboxylic acid groups (broad SMARTS) is 1. The second-order valence-corrected chi connectivity index (χ2v) is 4.39. The zero-order valence-electron chi connectivity index (χ0n) is 9.03. The first kappa shape index (κ1) is 12.9. The molecular weight excluding hydrogens is 270 g/mol. The van der Waals surface area contributed by atoms with E-state index >= 15 is 0 Å². The molecule has 0 saturated heterocycles. The van der Waals surface area contributed by atoms with Gasteiger partial charge in [0.2, 0.25) is 0 Å². The summed E-state index contributed by atoms with van der Waals surface area (Å²) in [6.45, 7) is 5.73. The van der Waals surface area contributed by atoms with Crippen LogP contribution in [0.4, 0.5) is 0 Å². The predicted octanol–water partition coefficient (Wildman–Crippen LogP) is 2.74. The average molecular weight is 284 g/mol. The van der Waals surface area contributed by atoms with Crippen LogP contribution in [-0.2, 0) is 4.79 Å². The maximum absolute atomic E-state index is 10.6. The summed E-state index contributed by atoms with van der Waals surface area (Å²) in [5, 5.41) is 11.8. The molecule has 2 N–H and O–H groups in total. The lowest BCUT2D eigenvalue weighted by molar-refractivity contribution is -0.132. The lowest BCUT2D eigenvalue weighted by Crippen LogP contribution is -2.23. The molecule has 0 amide bonds. The van der Waals surface area contributed by atoms with Gasteiger partial charge in [0, 0.05) is 22.6 Å². The van der Waals surface area contributed by atoms with Gasteiger partial charge < -0.3 is 10.4 Å². The summed E-state index contributed by atoms with van der Waals surface area (Å²) in [5.41, 5.74) is 1.26. The van der Waals surface area contributed by atoms with Crippen molar-refractivity contribution in [3.63, 3.8) is 0 Å². The maximum Gasteiger partial charge on any atom is 0.332 e. The quantitative estimate of drug-likeness (QED) is 0.817. The van der Waals surface area contributed by atoms with Crippen LogP contribution in [0.2, 0.25) is 0 Å². The number of hydrogen-bond donors (Lipinski definition) is 2. The Balaban J connectivity index is 2.60. The number of benzene rings is 1. The third-order valence-corrected chi connectivity index (χ3v) is 3.02. The molecule has 0 aliphatic heterocycles. The minimum atomic E-state index is -0.966. The molecule has 0 radical (unpaired) electrons. The summed E-state index contributed by atoms with van der Waals surface area (Å²) >= 11 is 3.45. The van der Waals surface area contributed by atoms with Gasteiger partial charge >= 0.3 is 5.97 Å². The summed E-state index contributed by atoms with van der Waals surface area (Å²) < 4.78 is 1.01. The van der Waals surface area contributed by atoms with Crippen LogP contribution in [0, 0.1) is 0 Å². The number of carbonyl (C=O) groups is 1. The fourth-order valence-electron chi connectivity index (χ4n) is 1.29. The van der Waals surface area contributed by atoms with Crippen LogP contribution in [0.25, 0.3) is 0 Å². The number of rotatable bonds is 5. The van der Waals surface area contributed by atoms with E-state index in [4.69, 9.17) is 5.11 Å². The van der Waals surface area contributed by atoms with E-state index in [1.54, 1.807) is 0 Å². The van der Waals surface area contributed by atoms with Crippen molar-refractivity contribution in [3.8, 4) is 0 Å². The van der Waals surface area contributed by atoms with Gasteiger partial charge in [-0.05, 0) is 18.6 Å². The highest BCUT2D eigenvalue weighted by Crippen LogP contribution is 2.22. The molecule has 4 heteroatoms. The third kappa shape index (κ3) is 3.47. The van der Waals surface area contributed by atoms with Gasteiger partial charge in [0.1, 0.15) is 0 Å². The molecule has 0 spiro atoms. The normalized spacial score (nSPS) is 12.1. The van der Waals surface area contributed by atoms with E-state index < -0.39 is 5.97 Å². The van der Waals surface area contributed by atoms with E-state index in [2.05, 4.69) is 27.8 Å². The fourth-order valence-corrected chi connectivity index (χ4v) is 1.92. The monoisotopic (exact) mass is 283 g/mol. The van der Waals surface area contributed by atoms with E-state index in [0.29, 0.717) is 0 Å². The Labute approximate surface area is 103 Å². The summed E-state index contributed by atoms with van der Waals surface area (Å²) in [4.78, 5) is 10.6. The molecule has 0 heterocycles. The van der Waals surface area contributed by atoms with Crippen LogP contribution in [0.3, 0.4) is 0 Å². The van der Waals surface area contributed by atoms with Crippen molar-refractivity contribution in [1.29, 1.82) is 0 Å². The molecule has 0 saturated carbocycles. The van der Waals surface area contributed by atoms with E-state index in [-0.39, 0.29) is 18.2 Å².